The number of aliphatic hydroxyl groups is 1. The van der Waals surface area contributed by atoms with Crippen LogP contribution in [0.4, 0.5) is 10.1 Å². The molecule has 94 valence electrons. The van der Waals surface area contributed by atoms with Gasteiger partial charge in [0.1, 0.15) is 5.82 Å². The number of para-hydroxylation sites is 1. The maximum absolute atomic E-state index is 12.8. The molecule has 2 aromatic carbocycles. The fourth-order valence-corrected chi connectivity index (χ4v) is 1.89. The number of nitrogens with one attached hydrogen (secondary N) is 1. The van der Waals surface area contributed by atoms with E-state index in [0.717, 1.165) is 11.3 Å². The van der Waals surface area contributed by atoms with Crippen molar-refractivity contribution in [3.05, 3.63) is 64.9 Å². The summed E-state index contributed by atoms with van der Waals surface area (Å²) in [4.78, 5) is 0. The van der Waals surface area contributed by atoms with Crippen LogP contribution in [0.1, 0.15) is 11.6 Å². The van der Waals surface area contributed by atoms with Gasteiger partial charge in [0.15, 0.2) is 0 Å². The molecule has 0 spiro atoms. The van der Waals surface area contributed by atoms with E-state index in [1.54, 1.807) is 18.2 Å². The van der Waals surface area contributed by atoms with E-state index in [1.165, 1.54) is 12.1 Å². The SMILES string of the molecule is OCC(Nc1ccccc1Cl)c1ccc(F)cc1. The molecule has 4 heteroatoms. The second-order valence-corrected chi connectivity index (χ2v) is 4.32. The molecular formula is C14H13ClFNO. The molecule has 2 nitrogen and oxygen atoms in total. The summed E-state index contributed by atoms with van der Waals surface area (Å²) in [6, 6.07) is 13.0. The average Bonchev–Trinajstić information content (AvgIpc) is 2.39. The minimum Gasteiger partial charge on any atom is -0.394 e. The lowest BCUT2D eigenvalue weighted by molar-refractivity contribution is 0.276. The van der Waals surface area contributed by atoms with Gasteiger partial charge < -0.3 is 10.4 Å². The standard InChI is InChI=1S/C14H13ClFNO/c15-12-3-1-2-4-13(12)17-14(9-18)10-5-7-11(16)8-6-10/h1-8,14,17-18H,9H2. The number of hydrogen-bond acceptors (Lipinski definition) is 2. The first-order valence-electron chi connectivity index (χ1n) is 5.58. The van der Waals surface area contributed by atoms with Crippen molar-refractivity contribution in [2.24, 2.45) is 0 Å². The maximum Gasteiger partial charge on any atom is 0.123 e. The lowest BCUT2D eigenvalue weighted by atomic mass is 10.1. The first kappa shape index (κ1) is 12.9. The van der Waals surface area contributed by atoms with E-state index >= 15 is 0 Å². The van der Waals surface area contributed by atoms with E-state index in [2.05, 4.69) is 5.32 Å². The number of halogens is 2. The summed E-state index contributed by atoms with van der Waals surface area (Å²) in [5.41, 5.74) is 1.54. The summed E-state index contributed by atoms with van der Waals surface area (Å²) >= 11 is 6.03. The molecule has 0 saturated carbocycles. The monoisotopic (exact) mass is 265 g/mol. The molecule has 1 unspecified atom stereocenters. The summed E-state index contributed by atoms with van der Waals surface area (Å²) < 4.78 is 12.8. The third-order valence-electron chi connectivity index (χ3n) is 2.66. The summed E-state index contributed by atoms with van der Waals surface area (Å²) in [5.74, 6) is -0.298. The second-order valence-electron chi connectivity index (χ2n) is 3.91. The highest BCUT2D eigenvalue weighted by molar-refractivity contribution is 6.33. The first-order valence-corrected chi connectivity index (χ1v) is 5.96. The van der Waals surface area contributed by atoms with Gasteiger partial charge in [0, 0.05) is 0 Å². The fourth-order valence-electron chi connectivity index (χ4n) is 1.70. The van der Waals surface area contributed by atoms with E-state index in [0.29, 0.717) is 5.02 Å². The number of benzene rings is 2. The summed E-state index contributed by atoms with van der Waals surface area (Å²) in [7, 11) is 0. The van der Waals surface area contributed by atoms with Crippen LogP contribution in [0, 0.1) is 5.82 Å². The van der Waals surface area contributed by atoms with Gasteiger partial charge in [0.2, 0.25) is 0 Å². The maximum atomic E-state index is 12.8. The molecule has 0 saturated heterocycles. The van der Waals surface area contributed by atoms with Crippen LogP contribution in [0.5, 0.6) is 0 Å². The van der Waals surface area contributed by atoms with Crippen molar-refractivity contribution in [3.63, 3.8) is 0 Å². The molecule has 0 radical (unpaired) electrons. The van der Waals surface area contributed by atoms with Crippen molar-refractivity contribution in [1.82, 2.24) is 0 Å². The third kappa shape index (κ3) is 3.00. The van der Waals surface area contributed by atoms with E-state index in [9.17, 15) is 9.50 Å². The first-order chi connectivity index (χ1) is 8.70. The van der Waals surface area contributed by atoms with Crippen molar-refractivity contribution in [3.8, 4) is 0 Å². The molecule has 0 aliphatic rings. The fraction of sp³-hybridized carbons (Fsp3) is 0.143. The quantitative estimate of drug-likeness (QED) is 0.885. The topological polar surface area (TPSA) is 32.3 Å². The van der Waals surface area contributed by atoms with Crippen LogP contribution in [-0.4, -0.2) is 11.7 Å². The van der Waals surface area contributed by atoms with Gasteiger partial charge in [-0.25, -0.2) is 4.39 Å². The van der Waals surface area contributed by atoms with Gasteiger partial charge in [-0.1, -0.05) is 35.9 Å². The van der Waals surface area contributed by atoms with Crippen LogP contribution in [0.3, 0.4) is 0 Å². The molecular weight excluding hydrogens is 253 g/mol. The van der Waals surface area contributed by atoms with E-state index in [1.807, 2.05) is 18.2 Å². The lowest BCUT2D eigenvalue weighted by Gasteiger charge is -2.18. The zero-order valence-corrected chi connectivity index (χ0v) is 10.4. The Morgan fingerprint density at radius 1 is 1.11 bits per heavy atom. The Morgan fingerprint density at radius 3 is 2.39 bits per heavy atom. The minimum atomic E-state index is -0.314. The van der Waals surface area contributed by atoms with Gasteiger partial charge in [-0.15, -0.1) is 0 Å². The Morgan fingerprint density at radius 2 is 1.78 bits per heavy atom. The summed E-state index contributed by atoms with van der Waals surface area (Å²) in [5, 5.41) is 13.1. The Kier molecular flexibility index (Phi) is 4.18. The Labute approximate surface area is 110 Å². The largest absolute Gasteiger partial charge is 0.394 e. The predicted octanol–water partition coefficient (Wildman–Crippen LogP) is 3.62. The number of rotatable bonds is 4. The van der Waals surface area contributed by atoms with Crippen molar-refractivity contribution in [1.29, 1.82) is 0 Å². The lowest BCUT2D eigenvalue weighted by Crippen LogP contribution is -2.15. The number of hydrogen-bond donors (Lipinski definition) is 2. The van der Waals surface area contributed by atoms with Crippen molar-refractivity contribution in [2.45, 2.75) is 6.04 Å². The predicted molar refractivity (Wildman–Crippen MR) is 71.3 cm³/mol. The number of aliphatic hydroxyl groups excluding tert-OH is 1. The molecule has 2 rings (SSSR count). The highest BCUT2D eigenvalue weighted by atomic mass is 35.5. The number of anilines is 1. The van der Waals surface area contributed by atoms with E-state index < -0.39 is 0 Å². The van der Waals surface area contributed by atoms with Gasteiger partial charge in [0.05, 0.1) is 23.4 Å². The Hall–Kier alpha value is -1.58. The minimum absolute atomic E-state index is 0.100. The Bertz CT molecular complexity index is 515. The van der Waals surface area contributed by atoms with Gasteiger partial charge in [0.25, 0.3) is 0 Å². The normalized spacial score (nSPS) is 12.2. The zero-order valence-electron chi connectivity index (χ0n) is 9.61. The highest BCUT2D eigenvalue weighted by Gasteiger charge is 2.11. The molecule has 0 aromatic heterocycles. The van der Waals surface area contributed by atoms with Crippen LogP contribution in [0.15, 0.2) is 48.5 Å². The molecule has 0 aliphatic heterocycles. The van der Waals surface area contributed by atoms with Crippen LogP contribution in [0.2, 0.25) is 5.02 Å². The van der Waals surface area contributed by atoms with Gasteiger partial charge in [-0.2, -0.15) is 0 Å². The zero-order chi connectivity index (χ0) is 13.0. The van der Waals surface area contributed by atoms with Crippen LogP contribution >= 0.6 is 11.6 Å². The van der Waals surface area contributed by atoms with Gasteiger partial charge in [-0.3, -0.25) is 0 Å². The molecule has 1 atom stereocenters. The molecule has 0 heterocycles. The second kappa shape index (κ2) is 5.85. The highest BCUT2D eigenvalue weighted by Crippen LogP contribution is 2.25. The van der Waals surface area contributed by atoms with Crippen molar-refractivity contribution >= 4 is 17.3 Å². The molecule has 0 aliphatic carbocycles. The molecule has 2 aromatic rings. The van der Waals surface area contributed by atoms with Crippen molar-refractivity contribution in [2.75, 3.05) is 11.9 Å². The average molecular weight is 266 g/mol. The van der Waals surface area contributed by atoms with Crippen molar-refractivity contribution < 1.29 is 9.50 Å². The van der Waals surface area contributed by atoms with Gasteiger partial charge >= 0.3 is 0 Å². The van der Waals surface area contributed by atoms with E-state index in [4.69, 9.17) is 11.6 Å². The summed E-state index contributed by atoms with van der Waals surface area (Å²) in [6.45, 7) is -0.100. The molecule has 2 N–H and O–H groups in total. The molecule has 0 bridgehead atoms. The van der Waals surface area contributed by atoms with E-state index in [-0.39, 0.29) is 18.5 Å². The summed E-state index contributed by atoms with van der Waals surface area (Å²) in [6.07, 6.45) is 0. The van der Waals surface area contributed by atoms with Gasteiger partial charge in [-0.05, 0) is 29.8 Å². The Balaban J connectivity index is 2.20. The molecule has 18 heavy (non-hydrogen) atoms. The molecule has 0 fully saturated rings. The van der Waals surface area contributed by atoms with Crippen LogP contribution in [0.25, 0.3) is 0 Å². The third-order valence-corrected chi connectivity index (χ3v) is 2.99. The van der Waals surface area contributed by atoms with Crippen LogP contribution < -0.4 is 5.32 Å². The molecule has 0 amide bonds. The smallest absolute Gasteiger partial charge is 0.123 e. The van der Waals surface area contributed by atoms with Crippen LogP contribution in [-0.2, 0) is 0 Å².